The fourth-order valence-electron chi connectivity index (χ4n) is 1.07. The van der Waals surface area contributed by atoms with Crippen LogP contribution in [0.1, 0.15) is 23.7 Å². The van der Waals surface area contributed by atoms with Crippen molar-refractivity contribution in [2.24, 2.45) is 0 Å². The van der Waals surface area contributed by atoms with E-state index in [-0.39, 0.29) is 10.8 Å². The summed E-state index contributed by atoms with van der Waals surface area (Å²) in [5.74, 6) is -0.942. The van der Waals surface area contributed by atoms with E-state index in [2.05, 4.69) is 6.07 Å². The Bertz CT molecular complexity index is 398. The largest absolute Gasteiger partial charge is 0.478 e. The normalized spacial score (nSPS) is 11.7. The second kappa shape index (κ2) is 5.42. The standard InChI is InChI=1S/C11H11NO2S/c1-2-9(7-12)15-10-5-3-4-8(6-10)11(13)14/h3-6,9H,2H2,1H3,(H,13,14). The quantitative estimate of drug-likeness (QED) is 0.794. The van der Waals surface area contributed by atoms with Crippen molar-refractivity contribution in [1.82, 2.24) is 0 Å². The average molecular weight is 221 g/mol. The van der Waals surface area contributed by atoms with Crippen LogP contribution in [0, 0.1) is 11.3 Å². The van der Waals surface area contributed by atoms with Crippen molar-refractivity contribution < 1.29 is 9.90 Å². The van der Waals surface area contributed by atoms with Crippen LogP contribution in [0.2, 0.25) is 0 Å². The highest BCUT2D eigenvalue weighted by Crippen LogP contribution is 2.25. The molecule has 78 valence electrons. The number of carboxylic acids is 1. The fourth-order valence-corrected chi connectivity index (χ4v) is 1.97. The molecule has 15 heavy (non-hydrogen) atoms. The Morgan fingerprint density at radius 3 is 2.93 bits per heavy atom. The summed E-state index contributed by atoms with van der Waals surface area (Å²) >= 11 is 1.40. The lowest BCUT2D eigenvalue weighted by molar-refractivity contribution is 0.0696. The van der Waals surface area contributed by atoms with Crippen molar-refractivity contribution in [1.29, 1.82) is 5.26 Å². The van der Waals surface area contributed by atoms with Crippen LogP contribution in [0.3, 0.4) is 0 Å². The molecule has 0 spiro atoms. The van der Waals surface area contributed by atoms with Gasteiger partial charge in [0.1, 0.15) is 0 Å². The Balaban J connectivity index is 2.83. The van der Waals surface area contributed by atoms with Gasteiger partial charge in [-0.05, 0) is 24.6 Å². The molecule has 1 rings (SSSR count). The first-order chi connectivity index (χ1) is 7.17. The minimum atomic E-state index is -0.942. The lowest BCUT2D eigenvalue weighted by Gasteiger charge is -2.05. The van der Waals surface area contributed by atoms with Crippen LogP contribution in [0.25, 0.3) is 0 Å². The molecule has 0 heterocycles. The van der Waals surface area contributed by atoms with Crippen LogP contribution in [-0.2, 0) is 0 Å². The first-order valence-corrected chi connectivity index (χ1v) is 5.45. The maximum atomic E-state index is 10.7. The third-order valence-electron chi connectivity index (χ3n) is 1.87. The van der Waals surface area contributed by atoms with Gasteiger partial charge in [0.2, 0.25) is 0 Å². The Hall–Kier alpha value is -1.47. The first-order valence-electron chi connectivity index (χ1n) is 4.57. The number of hydrogen-bond donors (Lipinski definition) is 1. The van der Waals surface area contributed by atoms with Crippen LogP contribution >= 0.6 is 11.8 Å². The van der Waals surface area contributed by atoms with Gasteiger partial charge in [0.15, 0.2) is 0 Å². The molecule has 0 saturated heterocycles. The molecular formula is C11H11NO2S. The minimum absolute atomic E-state index is 0.117. The van der Waals surface area contributed by atoms with E-state index in [0.29, 0.717) is 0 Å². The highest BCUT2D eigenvalue weighted by Gasteiger charge is 2.08. The molecule has 0 radical (unpaired) electrons. The van der Waals surface area contributed by atoms with Gasteiger partial charge < -0.3 is 5.11 Å². The number of carboxylic acid groups (broad SMARTS) is 1. The molecule has 4 heteroatoms. The average Bonchev–Trinajstić information content (AvgIpc) is 2.26. The number of carbonyl (C=O) groups is 1. The Labute approximate surface area is 92.7 Å². The molecule has 3 nitrogen and oxygen atoms in total. The lowest BCUT2D eigenvalue weighted by Crippen LogP contribution is -1.98. The second-order valence-electron chi connectivity index (χ2n) is 2.98. The number of nitriles is 1. The zero-order valence-electron chi connectivity index (χ0n) is 8.30. The SMILES string of the molecule is CCC(C#N)Sc1cccc(C(=O)O)c1. The maximum absolute atomic E-state index is 10.7. The summed E-state index contributed by atoms with van der Waals surface area (Å²) in [4.78, 5) is 11.5. The molecule has 0 bridgehead atoms. The molecule has 0 aliphatic rings. The summed E-state index contributed by atoms with van der Waals surface area (Å²) < 4.78 is 0. The predicted molar refractivity (Wildman–Crippen MR) is 59.0 cm³/mol. The van der Waals surface area contributed by atoms with E-state index in [1.54, 1.807) is 18.2 Å². The summed E-state index contributed by atoms with van der Waals surface area (Å²) in [6.45, 7) is 1.93. The van der Waals surface area contributed by atoms with Gasteiger partial charge in [-0.15, -0.1) is 11.8 Å². The molecule has 0 aliphatic heterocycles. The molecule has 0 saturated carbocycles. The van der Waals surface area contributed by atoms with Crippen molar-refractivity contribution >= 4 is 17.7 Å². The smallest absolute Gasteiger partial charge is 0.335 e. The molecule has 0 aromatic heterocycles. The summed E-state index contributed by atoms with van der Waals surface area (Å²) in [7, 11) is 0. The number of hydrogen-bond acceptors (Lipinski definition) is 3. The van der Waals surface area contributed by atoms with Gasteiger partial charge in [-0.3, -0.25) is 0 Å². The Kier molecular flexibility index (Phi) is 4.19. The van der Waals surface area contributed by atoms with Gasteiger partial charge in [-0.25, -0.2) is 4.79 Å². The number of aromatic carboxylic acids is 1. The minimum Gasteiger partial charge on any atom is -0.478 e. The van der Waals surface area contributed by atoms with Crippen LogP contribution < -0.4 is 0 Å². The van der Waals surface area contributed by atoms with Crippen molar-refractivity contribution in [3.63, 3.8) is 0 Å². The lowest BCUT2D eigenvalue weighted by atomic mass is 10.2. The summed E-state index contributed by atoms with van der Waals surface area (Å²) in [6.07, 6.45) is 0.748. The molecule has 1 aromatic carbocycles. The van der Waals surface area contributed by atoms with Gasteiger partial charge in [-0.2, -0.15) is 5.26 Å². The van der Waals surface area contributed by atoms with Gasteiger partial charge in [-0.1, -0.05) is 13.0 Å². The monoisotopic (exact) mass is 221 g/mol. The van der Waals surface area contributed by atoms with E-state index in [4.69, 9.17) is 10.4 Å². The number of rotatable bonds is 4. The molecule has 1 aromatic rings. The third kappa shape index (κ3) is 3.30. The van der Waals surface area contributed by atoms with Gasteiger partial charge in [0.25, 0.3) is 0 Å². The predicted octanol–water partition coefficient (Wildman–Crippen LogP) is 2.78. The number of nitrogens with zero attached hydrogens (tertiary/aromatic N) is 1. The third-order valence-corrected chi connectivity index (χ3v) is 3.12. The van der Waals surface area contributed by atoms with Crippen LogP contribution in [0.4, 0.5) is 0 Å². The van der Waals surface area contributed by atoms with Crippen molar-refractivity contribution in [3.8, 4) is 6.07 Å². The molecular weight excluding hydrogens is 210 g/mol. The van der Waals surface area contributed by atoms with Crippen molar-refractivity contribution in [2.45, 2.75) is 23.5 Å². The number of benzene rings is 1. The second-order valence-corrected chi connectivity index (χ2v) is 4.25. The first kappa shape index (κ1) is 11.6. The van der Waals surface area contributed by atoms with Gasteiger partial charge in [0, 0.05) is 4.90 Å². The molecule has 1 unspecified atom stereocenters. The molecule has 0 aliphatic carbocycles. The highest BCUT2D eigenvalue weighted by molar-refractivity contribution is 8.00. The van der Waals surface area contributed by atoms with E-state index < -0.39 is 5.97 Å². The van der Waals surface area contributed by atoms with Gasteiger partial charge >= 0.3 is 5.97 Å². The molecule has 1 atom stereocenters. The van der Waals surface area contributed by atoms with E-state index in [1.807, 2.05) is 13.0 Å². The highest BCUT2D eigenvalue weighted by atomic mass is 32.2. The van der Waals surface area contributed by atoms with Crippen molar-refractivity contribution in [2.75, 3.05) is 0 Å². The van der Waals surface area contributed by atoms with Crippen LogP contribution in [0.5, 0.6) is 0 Å². The fraction of sp³-hybridized carbons (Fsp3) is 0.273. The summed E-state index contributed by atoms with van der Waals surface area (Å²) in [5.41, 5.74) is 0.257. The van der Waals surface area contributed by atoms with Gasteiger partial charge in [0.05, 0.1) is 16.9 Å². The zero-order valence-corrected chi connectivity index (χ0v) is 9.12. The Morgan fingerprint density at radius 1 is 1.67 bits per heavy atom. The van der Waals surface area contributed by atoms with E-state index >= 15 is 0 Å². The molecule has 0 amide bonds. The number of thioether (sulfide) groups is 1. The molecule has 1 N–H and O–H groups in total. The van der Waals surface area contributed by atoms with Crippen LogP contribution in [-0.4, -0.2) is 16.3 Å². The Morgan fingerprint density at radius 2 is 2.40 bits per heavy atom. The van der Waals surface area contributed by atoms with E-state index in [9.17, 15) is 4.79 Å². The zero-order chi connectivity index (χ0) is 11.3. The topological polar surface area (TPSA) is 61.1 Å². The van der Waals surface area contributed by atoms with E-state index in [0.717, 1.165) is 11.3 Å². The van der Waals surface area contributed by atoms with E-state index in [1.165, 1.54) is 11.8 Å². The summed E-state index contributed by atoms with van der Waals surface area (Å²) in [5, 5.41) is 17.4. The molecule has 0 fully saturated rings. The maximum Gasteiger partial charge on any atom is 0.335 e. The van der Waals surface area contributed by atoms with Crippen molar-refractivity contribution in [3.05, 3.63) is 29.8 Å². The van der Waals surface area contributed by atoms with Crippen LogP contribution in [0.15, 0.2) is 29.2 Å². The summed E-state index contributed by atoms with van der Waals surface area (Å²) in [6, 6.07) is 8.80.